The van der Waals surface area contributed by atoms with Gasteiger partial charge in [0.1, 0.15) is 6.04 Å². The number of fused-ring (bicyclic) bond motifs is 1. The second kappa shape index (κ2) is 8.31. The fourth-order valence-corrected chi connectivity index (χ4v) is 3.66. The fourth-order valence-electron chi connectivity index (χ4n) is 3.55. The van der Waals surface area contributed by atoms with E-state index in [4.69, 9.17) is 17.1 Å². The normalized spacial score (nSPS) is 20.7. The van der Waals surface area contributed by atoms with Crippen molar-refractivity contribution >= 4 is 35.2 Å². The van der Waals surface area contributed by atoms with Gasteiger partial charge in [0.2, 0.25) is 11.8 Å². The molecule has 0 aromatic heterocycles. The predicted molar refractivity (Wildman–Crippen MR) is 110 cm³/mol. The quantitative estimate of drug-likeness (QED) is 0.663. The predicted octanol–water partition coefficient (Wildman–Crippen LogP) is 2.51. The zero-order chi connectivity index (χ0) is 26.6. The van der Waals surface area contributed by atoms with Crippen molar-refractivity contribution in [3.63, 3.8) is 0 Å². The van der Waals surface area contributed by atoms with Gasteiger partial charge in [0.25, 0.3) is 11.8 Å². The van der Waals surface area contributed by atoms with Crippen LogP contribution in [0.25, 0.3) is 0 Å². The van der Waals surface area contributed by atoms with E-state index < -0.39 is 59.0 Å². The van der Waals surface area contributed by atoms with Gasteiger partial charge < -0.3 is 10.2 Å². The number of halogens is 3. The first-order valence-electron chi connectivity index (χ1n) is 11.5. The first-order valence-corrected chi connectivity index (χ1v) is 9.89. The highest BCUT2D eigenvalue weighted by atomic mass is 35.5. The van der Waals surface area contributed by atoms with Gasteiger partial charge in [0, 0.05) is 35.6 Å². The Hall–Kier alpha value is -3.33. The largest absolute Gasteiger partial charge is 0.349 e. The summed E-state index contributed by atoms with van der Waals surface area (Å²) in [6, 6.07) is 4.54. The minimum absolute atomic E-state index is 0.0101. The molecule has 0 spiro atoms. The van der Waals surface area contributed by atoms with Gasteiger partial charge in [-0.2, -0.15) is 8.78 Å². The summed E-state index contributed by atoms with van der Waals surface area (Å²) < 4.78 is 61.8. The van der Waals surface area contributed by atoms with E-state index >= 15 is 0 Å². The molecule has 10 heteroatoms. The zero-order valence-electron chi connectivity index (χ0n) is 20.3. The Labute approximate surface area is 192 Å². The molecule has 2 aliphatic heterocycles. The topological polar surface area (TPSA) is 95.6 Å². The van der Waals surface area contributed by atoms with E-state index in [2.05, 4.69) is 5.32 Å². The second-order valence-corrected chi connectivity index (χ2v) is 7.73. The minimum atomic E-state index is -4.40. The molecule has 166 valence electrons. The average molecular weight is 466 g/mol. The van der Waals surface area contributed by atoms with E-state index in [-0.39, 0.29) is 41.1 Å². The van der Waals surface area contributed by atoms with Gasteiger partial charge in [-0.05, 0) is 35.7 Å². The molecule has 2 N–H and O–H groups in total. The molecule has 2 aromatic carbocycles. The Morgan fingerprint density at radius 2 is 2.09 bits per heavy atom. The molecule has 1 saturated heterocycles. The minimum Gasteiger partial charge on any atom is -0.346 e. The van der Waals surface area contributed by atoms with Crippen LogP contribution in [0, 0.1) is 0 Å². The molecule has 32 heavy (non-hydrogen) atoms. The SMILES string of the molecule is [2H]c1cc(Cl)ccc1C(F)(F)C(=O)N([2H])C([2H])([2H])c1ccc2c(c1)CN(C1CCC(=O)NC1=O)C2=O. The number of rotatable bonds is 5. The Balaban J connectivity index is 1.59. The lowest BCUT2D eigenvalue weighted by atomic mass is 10.0. The van der Waals surface area contributed by atoms with Crippen LogP contribution in [0.4, 0.5) is 8.78 Å². The molecule has 4 amide bonds. The highest BCUT2D eigenvalue weighted by molar-refractivity contribution is 6.30. The summed E-state index contributed by atoms with van der Waals surface area (Å²) in [7, 11) is 0. The summed E-state index contributed by atoms with van der Waals surface area (Å²) in [5, 5.41) is 1.65. The highest BCUT2D eigenvalue weighted by Gasteiger charge is 2.41. The number of carbonyl (C=O) groups excluding carboxylic acids is 4. The molecule has 1 atom stereocenters. The van der Waals surface area contributed by atoms with Crippen molar-refractivity contribution in [3.05, 3.63) is 69.7 Å². The summed E-state index contributed by atoms with van der Waals surface area (Å²) in [5.74, 6) is -8.22. The number of piperidine rings is 1. The van der Waals surface area contributed by atoms with Crippen molar-refractivity contribution in [2.24, 2.45) is 0 Å². The Morgan fingerprint density at radius 3 is 2.81 bits per heavy atom. The van der Waals surface area contributed by atoms with Gasteiger partial charge in [0.15, 0.2) is 1.41 Å². The van der Waals surface area contributed by atoms with Crippen LogP contribution in [0.3, 0.4) is 0 Å². The number of amides is 4. The monoisotopic (exact) mass is 465 g/mol. The van der Waals surface area contributed by atoms with Crippen molar-refractivity contribution < 1.29 is 33.5 Å². The second-order valence-electron chi connectivity index (χ2n) is 7.30. The number of nitrogens with one attached hydrogen (secondary N) is 2. The van der Waals surface area contributed by atoms with Crippen LogP contribution in [0.5, 0.6) is 0 Å². The number of nitrogens with zero attached hydrogens (tertiary/aromatic N) is 1. The Bertz CT molecular complexity index is 1310. The summed E-state index contributed by atoms with van der Waals surface area (Å²) in [6.07, 6.45) is 0.160. The molecule has 1 fully saturated rings. The third-order valence-electron chi connectivity index (χ3n) is 5.19. The summed E-state index contributed by atoms with van der Waals surface area (Å²) in [5.41, 5.74) is -0.970. The lowest BCUT2D eigenvalue weighted by molar-refractivity contribution is -0.147. The van der Waals surface area contributed by atoms with Crippen LogP contribution < -0.4 is 10.6 Å². The molecular weight excluding hydrogens is 444 g/mol. The fraction of sp³-hybridized carbons (Fsp3) is 0.273. The Kier molecular flexibility index (Phi) is 4.48. The zero-order valence-corrected chi connectivity index (χ0v) is 17.1. The van der Waals surface area contributed by atoms with Crippen LogP contribution in [-0.4, -0.2) is 34.6 Å². The Morgan fingerprint density at radius 1 is 1.31 bits per heavy atom. The standard InChI is InChI=1S/C22H18ClF2N3O4/c23-15-4-2-14(3-5-15)22(24,25)21(32)26-10-12-1-6-16-13(9-12)11-28(20(16)31)17-7-8-18(29)27-19(17)30/h1-6,9,17H,7-8,10-11H2,(H,26,32)(H,27,29,30)/i2D,10D2/hD. The summed E-state index contributed by atoms with van der Waals surface area (Å²) in [4.78, 5) is 50.2. The van der Waals surface area contributed by atoms with E-state index in [0.717, 1.165) is 24.3 Å². The summed E-state index contributed by atoms with van der Waals surface area (Å²) in [6.45, 7) is -3.16. The molecular formula is C22H18ClF2N3O4. The number of alkyl halides is 2. The first kappa shape index (κ1) is 17.3. The molecule has 2 aromatic rings. The highest BCUT2D eigenvalue weighted by Crippen LogP contribution is 2.30. The average Bonchev–Trinajstić information content (AvgIpc) is 3.13. The van der Waals surface area contributed by atoms with Crippen molar-refractivity contribution in [2.45, 2.75) is 37.8 Å². The third kappa shape index (κ3) is 4.08. The molecule has 2 aliphatic rings. The van der Waals surface area contributed by atoms with Crippen molar-refractivity contribution in [1.29, 1.82) is 0 Å². The molecule has 2 heterocycles. The molecule has 0 radical (unpaired) electrons. The van der Waals surface area contributed by atoms with E-state index in [0.29, 0.717) is 0 Å². The van der Waals surface area contributed by atoms with Crippen LogP contribution in [0.15, 0.2) is 42.4 Å². The van der Waals surface area contributed by atoms with Gasteiger partial charge >= 0.3 is 5.92 Å². The maximum atomic E-state index is 14.9. The van der Waals surface area contributed by atoms with Gasteiger partial charge in [-0.3, -0.25) is 24.5 Å². The van der Waals surface area contributed by atoms with Crippen molar-refractivity contribution in [2.75, 3.05) is 0 Å². The summed E-state index contributed by atoms with van der Waals surface area (Å²) >= 11 is 5.67. The van der Waals surface area contributed by atoms with Crippen LogP contribution >= 0.6 is 11.6 Å². The molecule has 1 unspecified atom stereocenters. The van der Waals surface area contributed by atoms with E-state index in [1.54, 1.807) is 0 Å². The van der Waals surface area contributed by atoms with Crippen molar-refractivity contribution in [1.82, 2.24) is 15.5 Å². The third-order valence-corrected chi connectivity index (χ3v) is 5.43. The van der Waals surface area contributed by atoms with E-state index in [9.17, 15) is 28.0 Å². The van der Waals surface area contributed by atoms with Gasteiger partial charge in [-0.15, -0.1) is 0 Å². The molecule has 4 rings (SSSR count). The maximum absolute atomic E-state index is 14.9. The van der Waals surface area contributed by atoms with Crippen molar-refractivity contribution in [3.8, 4) is 0 Å². The maximum Gasteiger partial charge on any atom is 0.349 e. The smallest absolute Gasteiger partial charge is 0.346 e. The lowest BCUT2D eigenvalue weighted by Gasteiger charge is -2.29. The number of imide groups is 1. The van der Waals surface area contributed by atoms with Crippen LogP contribution in [-0.2, 0) is 33.3 Å². The van der Waals surface area contributed by atoms with Gasteiger partial charge in [-0.25, -0.2) is 0 Å². The van der Waals surface area contributed by atoms with E-state index in [1.807, 2.05) is 0 Å². The van der Waals surface area contributed by atoms with Gasteiger partial charge in [-0.1, -0.05) is 35.8 Å². The van der Waals surface area contributed by atoms with E-state index in [1.165, 1.54) is 17.0 Å². The number of carbonyl (C=O) groups is 4. The molecule has 0 bridgehead atoms. The molecule has 7 nitrogen and oxygen atoms in total. The lowest BCUT2D eigenvalue weighted by Crippen LogP contribution is -2.52. The molecule has 0 aliphatic carbocycles. The molecule has 0 saturated carbocycles. The number of hydrogen-bond donors (Lipinski definition) is 2. The van der Waals surface area contributed by atoms with Gasteiger partial charge in [0.05, 0.1) is 4.11 Å². The van der Waals surface area contributed by atoms with Crippen LogP contribution in [0.2, 0.25) is 6.43 Å². The number of benzene rings is 2. The van der Waals surface area contributed by atoms with Crippen LogP contribution in [0.1, 0.15) is 44.0 Å². The first-order chi connectivity index (χ1) is 16.7. The number of hydrogen-bond acceptors (Lipinski definition) is 4.